The molecule has 0 radical (unpaired) electrons. The summed E-state index contributed by atoms with van der Waals surface area (Å²) < 4.78 is 1.79. The molecule has 2 N–H and O–H groups in total. The summed E-state index contributed by atoms with van der Waals surface area (Å²) in [6.07, 6.45) is 3.84. The van der Waals surface area contributed by atoms with Gasteiger partial charge in [0.05, 0.1) is 12.3 Å². The van der Waals surface area contributed by atoms with Crippen LogP contribution in [0.2, 0.25) is 10.0 Å². The van der Waals surface area contributed by atoms with Gasteiger partial charge in [0.1, 0.15) is 6.54 Å². The fourth-order valence-electron chi connectivity index (χ4n) is 3.28. The van der Waals surface area contributed by atoms with Gasteiger partial charge in [-0.1, -0.05) is 47.5 Å². The molecule has 0 unspecified atom stereocenters. The van der Waals surface area contributed by atoms with Crippen molar-refractivity contribution >= 4 is 34.8 Å². The van der Waals surface area contributed by atoms with Crippen molar-refractivity contribution in [1.29, 1.82) is 0 Å². The first kappa shape index (κ1) is 16.9. The standard InChI is InChI=1S/C20H15Cl2N3O/c21-13-5-6-14-16(7-13)20(15-3-1-2-4-18(15)22)24-8-12-9-25(10-17(12)14)11-19(23)26/h1-7,9-10H,8,11H2,(H2,23,26). The van der Waals surface area contributed by atoms with Crippen LogP contribution in [0.4, 0.5) is 0 Å². The molecule has 4 rings (SSSR count). The first-order valence-electron chi connectivity index (χ1n) is 8.09. The summed E-state index contributed by atoms with van der Waals surface area (Å²) in [7, 11) is 0. The van der Waals surface area contributed by atoms with Gasteiger partial charge in [-0.3, -0.25) is 9.79 Å². The van der Waals surface area contributed by atoms with Gasteiger partial charge in [0.25, 0.3) is 0 Å². The van der Waals surface area contributed by atoms with Gasteiger partial charge in [-0.15, -0.1) is 0 Å². The number of fused-ring (bicyclic) bond motifs is 3. The van der Waals surface area contributed by atoms with E-state index in [9.17, 15) is 4.79 Å². The average Bonchev–Trinajstić information content (AvgIpc) is 2.92. The van der Waals surface area contributed by atoms with Gasteiger partial charge >= 0.3 is 0 Å². The van der Waals surface area contributed by atoms with E-state index in [1.807, 2.05) is 54.9 Å². The number of amides is 1. The number of primary amides is 1. The normalized spacial score (nSPS) is 12.8. The van der Waals surface area contributed by atoms with Crippen LogP contribution in [-0.4, -0.2) is 16.2 Å². The third-order valence-electron chi connectivity index (χ3n) is 4.36. The molecule has 0 atom stereocenters. The number of rotatable bonds is 3. The SMILES string of the molecule is NC(=O)Cn1cc2c(c1)-c1ccc(Cl)cc1C(c1ccccc1Cl)=NC2. The lowest BCUT2D eigenvalue weighted by Crippen LogP contribution is -2.17. The Morgan fingerprint density at radius 2 is 1.85 bits per heavy atom. The third-order valence-corrected chi connectivity index (χ3v) is 4.93. The largest absolute Gasteiger partial charge is 0.368 e. The van der Waals surface area contributed by atoms with E-state index in [-0.39, 0.29) is 12.5 Å². The number of halogens is 2. The molecule has 6 heteroatoms. The maximum absolute atomic E-state index is 11.3. The quantitative estimate of drug-likeness (QED) is 0.719. The molecule has 1 amide bonds. The molecule has 1 aromatic heterocycles. The number of nitrogens with two attached hydrogens (primary N) is 1. The predicted octanol–water partition coefficient (Wildman–Crippen LogP) is 4.30. The molecule has 1 aliphatic rings. The number of aliphatic imine (C=N–C) groups is 1. The van der Waals surface area contributed by atoms with Crippen LogP contribution in [0.3, 0.4) is 0 Å². The van der Waals surface area contributed by atoms with E-state index < -0.39 is 0 Å². The van der Waals surface area contributed by atoms with Gasteiger partial charge < -0.3 is 10.3 Å². The van der Waals surface area contributed by atoms with Gasteiger partial charge in [0, 0.05) is 39.1 Å². The highest BCUT2D eigenvalue weighted by atomic mass is 35.5. The molecule has 2 aromatic carbocycles. The Bertz CT molecular complexity index is 1050. The second-order valence-corrected chi connectivity index (χ2v) is 7.01. The van der Waals surface area contributed by atoms with Crippen molar-refractivity contribution in [2.24, 2.45) is 10.7 Å². The maximum Gasteiger partial charge on any atom is 0.237 e. The number of benzene rings is 2. The van der Waals surface area contributed by atoms with Crippen molar-refractivity contribution in [1.82, 2.24) is 4.57 Å². The van der Waals surface area contributed by atoms with E-state index in [2.05, 4.69) is 0 Å². The summed E-state index contributed by atoms with van der Waals surface area (Å²) in [6.45, 7) is 0.616. The average molecular weight is 384 g/mol. The molecule has 0 aliphatic carbocycles. The minimum Gasteiger partial charge on any atom is -0.368 e. The summed E-state index contributed by atoms with van der Waals surface area (Å²) in [5, 5.41) is 1.27. The van der Waals surface area contributed by atoms with Crippen molar-refractivity contribution in [3.8, 4) is 11.1 Å². The van der Waals surface area contributed by atoms with Crippen molar-refractivity contribution in [3.05, 3.63) is 81.6 Å². The minimum atomic E-state index is -0.383. The summed E-state index contributed by atoms with van der Waals surface area (Å²) >= 11 is 12.7. The molecule has 0 saturated heterocycles. The first-order chi connectivity index (χ1) is 12.5. The third kappa shape index (κ3) is 3.02. The molecule has 2 heterocycles. The van der Waals surface area contributed by atoms with Crippen molar-refractivity contribution in [2.45, 2.75) is 13.1 Å². The second kappa shape index (κ2) is 6.63. The van der Waals surface area contributed by atoms with Gasteiger partial charge in [-0.2, -0.15) is 0 Å². The van der Waals surface area contributed by atoms with Crippen LogP contribution in [0, 0.1) is 0 Å². The molecule has 0 fully saturated rings. The van der Waals surface area contributed by atoms with E-state index in [0.29, 0.717) is 16.6 Å². The lowest BCUT2D eigenvalue weighted by Gasteiger charge is -2.12. The lowest BCUT2D eigenvalue weighted by molar-refractivity contribution is -0.118. The van der Waals surface area contributed by atoms with Crippen molar-refractivity contribution in [2.75, 3.05) is 0 Å². The van der Waals surface area contributed by atoms with E-state index in [1.54, 1.807) is 4.57 Å². The Labute approximate surface area is 160 Å². The molecule has 26 heavy (non-hydrogen) atoms. The highest BCUT2D eigenvalue weighted by Crippen LogP contribution is 2.36. The molecular formula is C20H15Cl2N3O. The zero-order valence-electron chi connectivity index (χ0n) is 13.7. The van der Waals surface area contributed by atoms with Crippen LogP contribution in [0.25, 0.3) is 11.1 Å². The summed E-state index contributed by atoms with van der Waals surface area (Å²) in [5.74, 6) is -0.383. The van der Waals surface area contributed by atoms with Crippen LogP contribution in [0.15, 0.2) is 59.9 Å². The van der Waals surface area contributed by atoms with Crippen LogP contribution in [0.1, 0.15) is 16.7 Å². The number of aromatic nitrogens is 1. The van der Waals surface area contributed by atoms with Gasteiger partial charge in [-0.05, 0) is 29.3 Å². The monoisotopic (exact) mass is 383 g/mol. The van der Waals surface area contributed by atoms with E-state index in [1.165, 1.54) is 0 Å². The first-order valence-corrected chi connectivity index (χ1v) is 8.85. The summed E-state index contributed by atoms with van der Waals surface area (Å²) in [6, 6.07) is 13.4. The molecule has 1 aliphatic heterocycles. The topological polar surface area (TPSA) is 60.4 Å². The molecule has 3 aromatic rings. The number of nitrogens with zero attached hydrogens (tertiary/aromatic N) is 2. The Kier molecular flexibility index (Phi) is 4.31. The zero-order valence-corrected chi connectivity index (χ0v) is 15.3. The van der Waals surface area contributed by atoms with Crippen LogP contribution >= 0.6 is 23.2 Å². The van der Waals surface area contributed by atoms with E-state index in [0.717, 1.165) is 33.5 Å². The number of carbonyl (C=O) groups is 1. The molecule has 4 nitrogen and oxygen atoms in total. The maximum atomic E-state index is 11.3. The van der Waals surface area contributed by atoms with Crippen molar-refractivity contribution in [3.63, 3.8) is 0 Å². The molecule has 0 spiro atoms. The minimum absolute atomic E-state index is 0.136. The predicted molar refractivity (Wildman–Crippen MR) is 105 cm³/mol. The Morgan fingerprint density at radius 3 is 2.62 bits per heavy atom. The number of carbonyl (C=O) groups excluding carboxylic acids is 1. The van der Waals surface area contributed by atoms with Crippen LogP contribution < -0.4 is 5.73 Å². The van der Waals surface area contributed by atoms with E-state index >= 15 is 0 Å². The molecule has 0 saturated carbocycles. The summed E-state index contributed by atoms with van der Waals surface area (Å²) in [4.78, 5) is 16.1. The van der Waals surface area contributed by atoms with Crippen molar-refractivity contribution < 1.29 is 4.79 Å². The molecular weight excluding hydrogens is 369 g/mol. The Hall–Kier alpha value is -2.56. The fourth-order valence-corrected chi connectivity index (χ4v) is 3.67. The van der Waals surface area contributed by atoms with Gasteiger partial charge in [0.15, 0.2) is 0 Å². The number of hydrogen-bond acceptors (Lipinski definition) is 2. The molecule has 0 bridgehead atoms. The highest BCUT2D eigenvalue weighted by Gasteiger charge is 2.22. The molecule has 130 valence electrons. The number of hydrogen-bond donors (Lipinski definition) is 1. The Balaban J connectivity index is 1.92. The van der Waals surface area contributed by atoms with Gasteiger partial charge in [-0.25, -0.2) is 0 Å². The summed E-state index contributed by atoms with van der Waals surface area (Å²) in [5.41, 5.74) is 11.0. The van der Waals surface area contributed by atoms with Gasteiger partial charge in [0.2, 0.25) is 5.91 Å². The van der Waals surface area contributed by atoms with Crippen LogP contribution in [-0.2, 0) is 17.9 Å². The van der Waals surface area contributed by atoms with Crippen LogP contribution in [0.5, 0.6) is 0 Å². The lowest BCUT2D eigenvalue weighted by atomic mass is 9.94. The smallest absolute Gasteiger partial charge is 0.237 e. The van der Waals surface area contributed by atoms with E-state index in [4.69, 9.17) is 33.9 Å². The fraction of sp³-hybridized carbons (Fsp3) is 0.100. The Morgan fingerprint density at radius 1 is 1.04 bits per heavy atom. The zero-order chi connectivity index (χ0) is 18.3. The second-order valence-electron chi connectivity index (χ2n) is 6.17. The highest BCUT2D eigenvalue weighted by molar-refractivity contribution is 6.36.